The third kappa shape index (κ3) is 3.40. The Hall–Kier alpha value is -1.69. The van der Waals surface area contributed by atoms with Crippen LogP contribution in [0, 0.1) is 17.8 Å². The molecule has 28 heavy (non-hydrogen) atoms. The molecule has 5 fully saturated rings. The molecule has 6 heteroatoms. The van der Waals surface area contributed by atoms with Gasteiger partial charge in [0.25, 0.3) is 0 Å². The third-order valence-electron chi connectivity index (χ3n) is 7.92. The molecular formula is C22H33N5O. The first kappa shape index (κ1) is 18.3. The summed E-state index contributed by atoms with van der Waals surface area (Å²) >= 11 is 0. The SMILES string of the molecule is C[C@H](C(=O)NC12CC3CC(CC(C3)C1)C2)N1CCC[C@@H](c2ccnc(N)n2)C1. The second-order valence-electron chi connectivity index (χ2n) is 10.0. The number of carbonyl (C=O) groups excluding carboxylic acids is 1. The first-order valence-corrected chi connectivity index (χ1v) is 11.1. The number of piperidine rings is 1. The minimum absolute atomic E-state index is 0.0880. The van der Waals surface area contributed by atoms with Crippen LogP contribution in [0.4, 0.5) is 5.95 Å². The molecule has 1 aromatic rings. The molecule has 3 N–H and O–H groups in total. The smallest absolute Gasteiger partial charge is 0.237 e. The normalized spacial score (nSPS) is 38.3. The molecule has 2 heterocycles. The van der Waals surface area contributed by atoms with E-state index in [0.717, 1.165) is 49.4 Å². The number of amides is 1. The lowest BCUT2D eigenvalue weighted by atomic mass is 9.53. The van der Waals surface area contributed by atoms with Gasteiger partial charge in [0, 0.05) is 24.2 Å². The molecule has 2 atom stereocenters. The molecule has 0 unspecified atom stereocenters. The average Bonchev–Trinajstić information content (AvgIpc) is 2.66. The summed E-state index contributed by atoms with van der Waals surface area (Å²) in [5.74, 6) is 3.44. The van der Waals surface area contributed by atoms with E-state index in [1.54, 1.807) is 6.20 Å². The van der Waals surface area contributed by atoms with Crippen molar-refractivity contribution in [2.24, 2.45) is 17.8 Å². The van der Waals surface area contributed by atoms with E-state index in [4.69, 9.17) is 5.73 Å². The Bertz CT molecular complexity index is 715. The first-order valence-electron chi connectivity index (χ1n) is 11.1. The minimum Gasteiger partial charge on any atom is -0.368 e. The third-order valence-corrected chi connectivity index (χ3v) is 7.92. The van der Waals surface area contributed by atoms with Gasteiger partial charge in [0.15, 0.2) is 0 Å². The van der Waals surface area contributed by atoms with Crippen molar-refractivity contribution in [3.05, 3.63) is 18.0 Å². The van der Waals surface area contributed by atoms with Crippen LogP contribution in [-0.2, 0) is 4.79 Å². The van der Waals surface area contributed by atoms with Crippen molar-refractivity contribution in [2.75, 3.05) is 18.8 Å². The highest BCUT2D eigenvalue weighted by atomic mass is 16.2. The number of nitrogens with one attached hydrogen (secondary N) is 1. The molecule has 1 saturated heterocycles. The van der Waals surface area contributed by atoms with Crippen LogP contribution in [0.15, 0.2) is 12.3 Å². The topological polar surface area (TPSA) is 84.1 Å². The fraction of sp³-hybridized carbons (Fsp3) is 0.773. The Morgan fingerprint density at radius 1 is 1.25 bits per heavy atom. The standard InChI is InChI=1S/C22H33N5O/c1-14(27-6-2-3-18(13-27)19-4-5-24-21(23)25-19)20(28)26-22-10-15-7-16(11-22)9-17(8-15)12-22/h4-5,14-18H,2-3,6-13H2,1H3,(H,26,28)(H2,23,24,25)/t14-,15?,16?,17?,18-,22?/m1/s1. The van der Waals surface area contributed by atoms with Crippen LogP contribution in [0.2, 0.25) is 0 Å². The molecule has 0 aromatic carbocycles. The molecule has 4 bridgehead atoms. The van der Waals surface area contributed by atoms with E-state index in [-0.39, 0.29) is 17.5 Å². The Morgan fingerprint density at radius 3 is 2.57 bits per heavy atom. The highest BCUT2D eigenvalue weighted by Gasteiger charge is 2.51. The van der Waals surface area contributed by atoms with Crippen LogP contribution < -0.4 is 11.1 Å². The van der Waals surface area contributed by atoms with E-state index >= 15 is 0 Å². The maximum atomic E-state index is 13.2. The van der Waals surface area contributed by atoms with Gasteiger partial charge in [-0.05, 0) is 88.7 Å². The molecule has 0 spiro atoms. The maximum absolute atomic E-state index is 13.2. The zero-order valence-corrected chi connectivity index (χ0v) is 16.9. The molecule has 1 aliphatic heterocycles. The number of rotatable bonds is 4. The zero-order chi connectivity index (χ0) is 19.3. The quantitative estimate of drug-likeness (QED) is 0.835. The summed E-state index contributed by atoms with van der Waals surface area (Å²) in [6.07, 6.45) is 11.8. The fourth-order valence-corrected chi connectivity index (χ4v) is 7.01. The van der Waals surface area contributed by atoms with Crippen molar-refractivity contribution >= 4 is 11.9 Å². The molecule has 6 rings (SSSR count). The van der Waals surface area contributed by atoms with Crippen LogP contribution in [-0.4, -0.2) is 45.4 Å². The number of hydrogen-bond donors (Lipinski definition) is 2. The summed E-state index contributed by atoms with van der Waals surface area (Å²) in [5, 5.41) is 3.56. The van der Waals surface area contributed by atoms with Gasteiger partial charge < -0.3 is 11.1 Å². The van der Waals surface area contributed by atoms with E-state index in [2.05, 4.69) is 27.1 Å². The number of anilines is 1. The average molecular weight is 384 g/mol. The first-order chi connectivity index (χ1) is 13.5. The van der Waals surface area contributed by atoms with E-state index in [1.165, 1.54) is 38.5 Å². The predicted octanol–water partition coefficient (Wildman–Crippen LogP) is 2.71. The van der Waals surface area contributed by atoms with E-state index in [9.17, 15) is 4.79 Å². The van der Waals surface area contributed by atoms with Gasteiger partial charge in [-0.3, -0.25) is 9.69 Å². The van der Waals surface area contributed by atoms with Crippen molar-refractivity contribution in [3.8, 4) is 0 Å². The van der Waals surface area contributed by atoms with Gasteiger partial charge in [-0.2, -0.15) is 0 Å². The number of nitrogens with zero attached hydrogens (tertiary/aromatic N) is 3. The van der Waals surface area contributed by atoms with E-state index in [0.29, 0.717) is 11.9 Å². The van der Waals surface area contributed by atoms with E-state index in [1.807, 2.05) is 6.07 Å². The van der Waals surface area contributed by atoms with Crippen LogP contribution in [0.25, 0.3) is 0 Å². The van der Waals surface area contributed by atoms with Crippen molar-refractivity contribution in [1.82, 2.24) is 20.2 Å². The van der Waals surface area contributed by atoms with Crippen molar-refractivity contribution in [3.63, 3.8) is 0 Å². The molecule has 1 amide bonds. The highest BCUT2D eigenvalue weighted by molar-refractivity contribution is 5.82. The molecule has 4 saturated carbocycles. The van der Waals surface area contributed by atoms with Gasteiger partial charge >= 0.3 is 0 Å². The summed E-state index contributed by atoms with van der Waals surface area (Å²) in [7, 11) is 0. The van der Waals surface area contributed by atoms with Crippen molar-refractivity contribution in [2.45, 2.75) is 75.8 Å². The molecule has 6 nitrogen and oxygen atoms in total. The molecular weight excluding hydrogens is 350 g/mol. The van der Waals surface area contributed by atoms with Gasteiger partial charge in [-0.15, -0.1) is 0 Å². The molecule has 5 aliphatic rings. The Kier molecular flexibility index (Phi) is 4.57. The predicted molar refractivity (Wildman–Crippen MR) is 109 cm³/mol. The van der Waals surface area contributed by atoms with Gasteiger partial charge in [0.05, 0.1) is 11.7 Å². The minimum atomic E-state index is -0.0880. The summed E-state index contributed by atoms with van der Waals surface area (Å²) in [4.78, 5) is 24.0. The second kappa shape index (κ2) is 6.97. The van der Waals surface area contributed by atoms with Crippen LogP contribution >= 0.6 is 0 Å². The Balaban J connectivity index is 1.24. The Morgan fingerprint density at radius 2 is 1.93 bits per heavy atom. The van der Waals surface area contributed by atoms with Gasteiger partial charge in [0.2, 0.25) is 11.9 Å². The van der Waals surface area contributed by atoms with Crippen molar-refractivity contribution in [1.29, 1.82) is 0 Å². The monoisotopic (exact) mass is 383 g/mol. The summed E-state index contributed by atoms with van der Waals surface area (Å²) < 4.78 is 0. The zero-order valence-electron chi connectivity index (χ0n) is 16.9. The van der Waals surface area contributed by atoms with Gasteiger partial charge in [-0.25, -0.2) is 9.97 Å². The number of aromatic nitrogens is 2. The largest absolute Gasteiger partial charge is 0.368 e. The number of nitrogen functional groups attached to an aromatic ring is 1. The summed E-state index contributed by atoms with van der Waals surface area (Å²) in [6, 6.07) is 1.88. The fourth-order valence-electron chi connectivity index (χ4n) is 7.01. The molecule has 152 valence electrons. The number of carbonyl (C=O) groups is 1. The number of hydrogen-bond acceptors (Lipinski definition) is 5. The number of nitrogens with two attached hydrogens (primary N) is 1. The van der Waals surface area contributed by atoms with Crippen LogP contribution in [0.3, 0.4) is 0 Å². The summed E-state index contributed by atoms with van der Waals surface area (Å²) in [6.45, 7) is 3.92. The lowest BCUT2D eigenvalue weighted by molar-refractivity contribution is -0.132. The summed E-state index contributed by atoms with van der Waals surface area (Å²) in [5.41, 5.74) is 6.87. The van der Waals surface area contributed by atoms with Crippen LogP contribution in [0.5, 0.6) is 0 Å². The van der Waals surface area contributed by atoms with Gasteiger partial charge in [-0.1, -0.05) is 0 Å². The van der Waals surface area contributed by atoms with Crippen molar-refractivity contribution < 1.29 is 4.79 Å². The molecule has 0 radical (unpaired) electrons. The molecule has 4 aliphatic carbocycles. The lowest BCUT2D eigenvalue weighted by Crippen LogP contribution is -2.62. The maximum Gasteiger partial charge on any atom is 0.237 e. The Labute approximate surface area is 167 Å². The van der Waals surface area contributed by atoms with Gasteiger partial charge in [0.1, 0.15) is 0 Å². The van der Waals surface area contributed by atoms with Crippen LogP contribution in [0.1, 0.15) is 69.9 Å². The second-order valence-corrected chi connectivity index (χ2v) is 10.0. The number of likely N-dealkylation sites (tertiary alicyclic amines) is 1. The van der Waals surface area contributed by atoms with E-state index < -0.39 is 0 Å². The highest BCUT2D eigenvalue weighted by Crippen LogP contribution is 2.55. The molecule has 1 aromatic heterocycles. The lowest BCUT2D eigenvalue weighted by Gasteiger charge is -2.57.